The van der Waals surface area contributed by atoms with Crippen molar-refractivity contribution in [1.82, 2.24) is 0 Å². The van der Waals surface area contributed by atoms with E-state index in [1.807, 2.05) is 21.1 Å². The Hall–Kier alpha value is -1.77. The van der Waals surface area contributed by atoms with Gasteiger partial charge in [-0.05, 0) is 51.4 Å². The molecule has 0 radical (unpaired) electrons. The van der Waals surface area contributed by atoms with Gasteiger partial charge in [-0.15, -0.1) is 0 Å². The average molecular weight is 770 g/mol. The molecule has 0 aliphatic rings. The number of allylic oxidation sites excluding steroid dienone is 6. The quantitative estimate of drug-likeness (QED) is 0.0201. The molecule has 0 aromatic rings. The average Bonchev–Trinajstić information content (AvgIpc) is 3.10. The summed E-state index contributed by atoms with van der Waals surface area (Å²) < 4.78 is 33.8. The topological polar surface area (TPSA) is 111 Å². The number of hydrogen-bond donors (Lipinski definition) is 0. The van der Waals surface area contributed by atoms with Gasteiger partial charge in [0.25, 0.3) is 7.82 Å². The molecular formula is C43H80NO8P. The van der Waals surface area contributed by atoms with Gasteiger partial charge in [-0.1, -0.05) is 147 Å². The summed E-state index contributed by atoms with van der Waals surface area (Å²) in [6, 6.07) is 0. The van der Waals surface area contributed by atoms with Crippen molar-refractivity contribution in [2.75, 3.05) is 47.5 Å². The molecule has 53 heavy (non-hydrogen) atoms. The number of nitrogens with zero attached hydrogens (tertiary/aromatic N) is 1. The van der Waals surface area contributed by atoms with Crippen molar-refractivity contribution in [3.63, 3.8) is 0 Å². The van der Waals surface area contributed by atoms with Gasteiger partial charge in [-0.3, -0.25) is 14.2 Å². The molecule has 0 aliphatic carbocycles. The standard InChI is InChI=1S/C43H80NO8P/c1-6-8-10-12-14-16-18-20-22-24-25-27-29-31-33-35-42(45)49-39-41(40-51-53(47,48)50-38-37-44(3,4)5)52-43(46)36-34-32-30-28-26-23-21-19-17-15-13-11-9-7-2/h14,16,20,22,25,27,41H,6-13,15,17-19,21,23-24,26,28-40H2,1-5H3/b16-14-,22-20-,27-25-/t41-/m1/s1. The van der Waals surface area contributed by atoms with Crippen molar-refractivity contribution in [2.24, 2.45) is 0 Å². The molecular weight excluding hydrogens is 689 g/mol. The second-order valence-corrected chi connectivity index (χ2v) is 16.8. The van der Waals surface area contributed by atoms with Crippen LogP contribution in [0.2, 0.25) is 0 Å². The Labute approximate surface area is 325 Å². The first-order chi connectivity index (χ1) is 25.5. The Balaban J connectivity index is 4.44. The van der Waals surface area contributed by atoms with E-state index in [2.05, 4.69) is 50.3 Å². The maximum absolute atomic E-state index is 12.6. The van der Waals surface area contributed by atoms with Crippen LogP contribution in [0.3, 0.4) is 0 Å². The first kappa shape index (κ1) is 51.2. The summed E-state index contributed by atoms with van der Waals surface area (Å²) in [5, 5.41) is 0. The number of esters is 2. The normalized spacial score (nSPS) is 14.0. The van der Waals surface area contributed by atoms with Crippen LogP contribution in [-0.2, 0) is 32.7 Å². The molecule has 0 rings (SSSR count). The summed E-state index contributed by atoms with van der Waals surface area (Å²) in [4.78, 5) is 37.4. The maximum atomic E-state index is 12.6. The highest BCUT2D eigenvalue weighted by Gasteiger charge is 2.21. The van der Waals surface area contributed by atoms with Crippen LogP contribution in [-0.4, -0.2) is 70.0 Å². The van der Waals surface area contributed by atoms with E-state index in [0.29, 0.717) is 23.9 Å². The second kappa shape index (κ2) is 35.9. The van der Waals surface area contributed by atoms with Crippen molar-refractivity contribution in [1.29, 1.82) is 0 Å². The maximum Gasteiger partial charge on any atom is 0.306 e. The lowest BCUT2D eigenvalue weighted by atomic mass is 10.0. The van der Waals surface area contributed by atoms with Crippen LogP contribution in [0.15, 0.2) is 36.5 Å². The number of unbranched alkanes of at least 4 members (excludes halogenated alkanes) is 18. The number of likely N-dealkylation sites (N-methyl/N-ethyl adjacent to an activating group) is 1. The second-order valence-electron chi connectivity index (χ2n) is 15.4. The molecule has 10 heteroatoms. The van der Waals surface area contributed by atoms with Crippen LogP contribution in [0.25, 0.3) is 0 Å². The zero-order valence-electron chi connectivity index (χ0n) is 34.7. The molecule has 2 atom stereocenters. The van der Waals surface area contributed by atoms with Crippen molar-refractivity contribution in [3.8, 4) is 0 Å². The zero-order chi connectivity index (χ0) is 39.3. The summed E-state index contributed by atoms with van der Waals surface area (Å²) in [6.45, 7) is 4.15. The molecule has 0 aliphatic heterocycles. The van der Waals surface area contributed by atoms with Crippen LogP contribution in [0, 0.1) is 0 Å². The minimum atomic E-state index is -4.63. The van der Waals surface area contributed by atoms with E-state index in [-0.39, 0.29) is 26.1 Å². The third-order valence-corrected chi connectivity index (χ3v) is 9.88. The molecule has 0 aromatic heterocycles. The molecule has 0 spiro atoms. The molecule has 310 valence electrons. The van der Waals surface area contributed by atoms with E-state index in [4.69, 9.17) is 18.5 Å². The van der Waals surface area contributed by atoms with Gasteiger partial charge in [0, 0.05) is 12.8 Å². The van der Waals surface area contributed by atoms with E-state index in [0.717, 1.165) is 51.4 Å². The summed E-state index contributed by atoms with van der Waals surface area (Å²) in [5.74, 6) is -0.877. The summed E-state index contributed by atoms with van der Waals surface area (Å²) in [7, 11) is 1.15. The van der Waals surface area contributed by atoms with Crippen LogP contribution in [0.1, 0.15) is 174 Å². The smallest absolute Gasteiger partial charge is 0.306 e. The van der Waals surface area contributed by atoms with Crippen LogP contribution in [0.4, 0.5) is 0 Å². The molecule has 0 heterocycles. The van der Waals surface area contributed by atoms with Crippen molar-refractivity contribution in [2.45, 2.75) is 180 Å². The van der Waals surface area contributed by atoms with Gasteiger partial charge < -0.3 is 27.9 Å². The lowest BCUT2D eigenvalue weighted by Gasteiger charge is -2.28. The molecule has 0 bridgehead atoms. The van der Waals surface area contributed by atoms with Crippen molar-refractivity contribution >= 4 is 19.8 Å². The minimum Gasteiger partial charge on any atom is -0.756 e. The predicted octanol–water partition coefficient (Wildman–Crippen LogP) is 11.1. The Morgan fingerprint density at radius 3 is 1.55 bits per heavy atom. The fraction of sp³-hybridized carbons (Fsp3) is 0.814. The molecule has 0 saturated heterocycles. The van der Waals surface area contributed by atoms with E-state index in [9.17, 15) is 19.0 Å². The molecule has 0 amide bonds. The monoisotopic (exact) mass is 770 g/mol. The highest BCUT2D eigenvalue weighted by molar-refractivity contribution is 7.45. The molecule has 0 saturated carbocycles. The number of ether oxygens (including phenoxy) is 2. The molecule has 0 fully saturated rings. The Bertz CT molecular complexity index is 1010. The van der Waals surface area contributed by atoms with Gasteiger partial charge >= 0.3 is 11.9 Å². The van der Waals surface area contributed by atoms with E-state index in [1.54, 1.807) is 0 Å². The van der Waals surface area contributed by atoms with Crippen LogP contribution < -0.4 is 4.89 Å². The third-order valence-electron chi connectivity index (χ3n) is 8.91. The van der Waals surface area contributed by atoms with Crippen LogP contribution in [0.5, 0.6) is 0 Å². The van der Waals surface area contributed by atoms with Gasteiger partial charge in [0.2, 0.25) is 0 Å². The van der Waals surface area contributed by atoms with Gasteiger partial charge in [0.1, 0.15) is 19.8 Å². The number of phosphoric ester groups is 1. The summed E-state index contributed by atoms with van der Waals surface area (Å²) >= 11 is 0. The highest BCUT2D eigenvalue weighted by atomic mass is 31.2. The highest BCUT2D eigenvalue weighted by Crippen LogP contribution is 2.38. The van der Waals surface area contributed by atoms with Crippen LogP contribution >= 0.6 is 7.82 Å². The SMILES string of the molecule is CCCCC/C=C\C/C=C\C/C=C\CCCCC(=O)OC[C@H](COP(=O)([O-])OCC[N+](C)(C)C)OC(=O)CCCCCCCCCCCCCCCC. The molecule has 9 nitrogen and oxygen atoms in total. The first-order valence-corrected chi connectivity index (χ1v) is 22.7. The number of rotatable bonds is 38. The fourth-order valence-electron chi connectivity index (χ4n) is 5.54. The van der Waals surface area contributed by atoms with Gasteiger partial charge in [-0.2, -0.15) is 0 Å². The van der Waals surface area contributed by atoms with E-state index in [1.165, 1.54) is 83.5 Å². The third kappa shape index (κ3) is 39.7. The van der Waals surface area contributed by atoms with Gasteiger partial charge in [0.15, 0.2) is 6.10 Å². The lowest BCUT2D eigenvalue weighted by Crippen LogP contribution is -2.37. The minimum absolute atomic E-state index is 0.0361. The number of phosphoric acid groups is 1. The lowest BCUT2D eigenvalue weighted by molar-refractivity contribution is -0.870. The van der Waals surface area contributed by atoms with Gasteiger partial charge in [0.05, 0.1) is 27.7 Å². The number of carbonyl (C=O) groups excluding carboxylic acids is 2. The molecule has 1 unspecified atom stereocenters. The largest absolute Gasteiger partial charge is 0.756 e. The zero-order valence-corrected chi connectivity index (χ0v) is 35.6. The van der Waals surface area contributed by atoms with E-state index >= 15 is 0 Å². The fourth-order valence-corrected chi connectivity index (χ4v) is 6.27. The van der Waals surface area contributed by atoms with Crippen molar-refractivity contribution in [3.05, 3.63) is 36.5 Å². The summed E-state index contributed by atoms with van der Waals surface area (Å²) in [5.41, 5.74) is 0. The van der Waals surface area contributed by atoms with Gasteiger partial charge in [-0.25, -0.2) is 0 Å². The molecule has 0 aromatic carbocycles. The number of quaternary nitrogens is 1. The number of hydrogen-bond acceptors (Lipinski definition) is 8. The molecule has 0 N–H and O–H groups in total. The Morgan fingerprint density at radius 1 is 0.585 bits per heavy atom. The Morgan fingerprint density at radius 2 is 1.02 bits per heavy atom. The number of carbonyl (C=O) groups is 2. The van der Waals surface area contributed by atoms with Crippen molar-refractivity contribution < 1.29 is 42.1 Å². The summed E-state index contributed by atoms with van der Waals surface area (Å²) in [6.07, 6.45) is 38.8. The predicted molar refractivity (Wildman–Crippen MR) is 217 cm³/mol. The van der Waals surface area contributed by atoms with E-state index < -0.39 is 32.5 Å². The first-order valence-electron chi connectivity index (χ1n) is 21.2. The Kier molecular flexibility index (Phi) is 34.7.